The van der Waals surface area contributed by atoms with E-state index >= 15 is 0 Å². The van der Waals surface area contributed by atoms with Crippen LogP contribution in [0.4, 0.5) is 5.69 Å². The lowest BCUT2D eigenvalue weighted by molar-refractivity contribution is -0.120. The second-order valence-electron chi connectivity index (χ2n) is 8.21. The van der Waals surface area contributed by atoms with Crippen molar-refractivity contribution in [2.24, 2.45) is 0 Å². The molecule has 5 nitrogen and oxygen atoms in total. The van der Waals surface area contributed by atoms with Gasteiger partial charge in [0, 0.05) is 0 Å². The number of hydrogen-bond acceptors (Lipinski definition) is 4. The molecule has 0 atom stereocenters. The Morgan fingerprint density at radius 1 is 1.12 bits per heavy atom. The smallest absolute Gasteiger partial charge is 0.399 e. The Balaban J connectivity index is 2.37. The highest BCUT2D eigenvalue weighted by molar-refractivity contribution is 6.62. The van der Waals surface area contributed by atoms with Crippen LogP contribution in [0.2, 0.25) is 0 Å². The van der Waals surface area contributed by atoms with Crippen LogP contribution in [0.5, 0.6) is 0 Å². The van der Waals surface area contributed by atoms with E-state index < -0.39 is 23.9 Å². The number of benzene rings is 1. The molecule has 0 spiro atoms. The van der Waals surface area contributed by atoms with E-state index in [1.807, 2.05) is 73.6 Å². The molecule has 0 saturated carbocycles. The Morgan fingerprint density at radius 2 is 1.67 bits per heavy atom. The van der Waals surface area contributed by atoms with E-state index in [4.69, 9.17) is 14.1 Å². The third kappa shape index (κ3) is 3.66. The summed E-state index contributed by atoms with van der Waals surface area (Å²) in [6, 6.07) is 5.69. The Hall–Kier alpha value is -1.37. The van der Waals surface area contributed by atoms with Gasteiger partial charge in [-0.15, -0.1) is 0 Å². The van der Waals surface area contributed by atoms with E-state index in [2.05, 4.69) is 0 Å². The molecular weight excluding hydrogens is 305 g/mol. The van der Waals surface area contributed by atoms with Crippen LogP contribution in [0.15, 0.2) is 18.2 Å². The monoisotopic (exact) mass is 333 g/mol. The maximum absolute atomic E-state index is 11.5. The summed E-state index contributed by atoms with van der Waals surface area (Å²) in [6.45, 7) is 15.7. The molecule has 0 bridgehead atoms. The molecule has 1 heterocycles. The zero-order valence-corrected chi connectivity index (χ0v) is 16.0. The van der Waals surface area contributed by atoms with E-state index in [1.165, 1.54) is 5.06 Å². The number of anilines is 1. The third-order valence-electron chi connectivity index (χ3n) is 4.56. The Morgan fingerprint density at radius 3 is 2.12 bits per heavy atom. The number of hydroxylamine groups is 1. The molecule has 1 aliphatic heterocycles. The highest BCUT2D eigenvalue weighted by Crippen LogP contribution is 2.37. The number of carbonyl (C=O) groups excluding carboxylic acids is 1. The molecule has 132 valence electrons. The predicted octanol–water partition coefficient (Wildman–Crippen LogP) is 2.99. The average Bonchev–Trinajstić information content (AvgIpc) is 2.64. The van der Waals surface area contributed by atoms with Crippen LogP contribution >= 0.6 is 0 Å². The highest BCUT2D eigenvalue weighted by Gasteiger charge is 2.52. The van der Waals surface area contributed by atoms with Crippen LogP contribution in [0.3, 0.4) is 0 Å². The first-order valence-electron chi connectivity index (χ1n) is 8.27. The molecule has 1 aromatic carbocycles. The third-order valence-corrected chi connectivity index (χ3v) is 4.56. The van der Waals surface area contributed by atoms with Crippen LogP contribution in [0, 0.1) is 6.92 Å². The molecule has 2 rings (SSSR count). The van der Waals surface area contributed by atoms with Crippen LogP contribution < -0.4 is 10.5 Å². The summed E-state index contributed by atoms with van der Waals surface area (Å²) in [7, 11) is -0.474. The van der Waals surface area contributed by atoms with Gasteiger partial charge in [0.15, 0.2) is 0 Å². The fourth-order valence-corrected chi connectivity index (χ4v) is 2.53. The van der Waals surface area contributed by atoms with Gasteiger partial charge < -0.3 is 9.31 Å². The van der Waals surface area contributed by atoms with Crippen LogP contribution in [0.25, 0.3) is 0 Å². The number of nitrogens with zero attached hydrogens (tertiary/aromatic N) is 1. The standard InChI is InChI=1S/C18H28BNO4/c1-13-14(19-22-17(5,6)18(7,8)23-19)10-9-11-15(13)20(12-21)24-16(2,3)4/h9-12H,1-8H3. The van der Waals surface area contributed by atoms with Gasteiger partial charge in [0.1, 0.15) is 0 Å². The average molecular weight is 333 g/mol. The molecule has 0 unspecified atom stereocenters. The maximum Gasteiger partial charge on any atom is 0.495 e. The van der Waals surface area contributed by atoms with Crippen molar-refractivity contribution in [3.63, 3.8) is 0 Å². The fourth-order valence-electron chi connectivity index (χ4n) is 2.53. The molecule has 0 aromatic heterocycles. The summed E-state index contributed by atoms with van der Waals surface area (Å²) in [4.78, 5) is 17.2. The van der Waals surface area contributed by atoms with Crippen LogP contribution in [-0.2, 0) is 18.9 Å². The summed E-state index contributed by atoms with van der Waals surface area (Å²) in [5.74, 6) is 0. The van der Waals surface area contributed by atoms with Gasteiger partial charge in [0.05, 0.1) is 22.5 Å². The summed E-state index contributed by atoms with van der Waals surface area (Å²) < 4.78 is 12.3. The van der Waals surface area contributed by atoms with Gasteiger partial charge in [0.25, 0.3) is 0 Å². The van der Waals surface area contributed by atoms with Crippen molar-refractivity contribution in [3.8, 4) is 0 Å². The molecular formula is C18H28BNO4. The van der Waals surface area contributed by atoms with Gasteiger partial charge in [-0.05, 0) is 72.5 Å². The van der Waals surface area contributed by atoms with Gasteiger partial charge in [-0.2, -0.15) is 5.06 Å². The predicted molar refractivity (Wildman–Crippen MR) is 96.3 cm³/mol. The minimum atomic E-state index is -0.478. The molecule has 0 N–H and O–H groups in total. The molecule has 0 aliphatic carbocycles. The normalized spacial score (nSPS) is 19.4. The lowest BCUT2D eigenvalue weighted by atomic mass is 9.76. The molecule has 1 fully saturated rings. The minimum Gasteiger partial charge on any atom is -0.399 e. The lowest BCUT2D eigenvalue weighted by Crippen LogP contribution is -2.41. The Kier molecular flexibility index (Phi) is 4.88. The largest absolute Gasteiger partial charge is 0.495 e. The molecule has 0 radical (unpaired) electrons. The number of carbonyl (C=O) groups is 1. The van der Waals surface area contributed by atoms with Gasteiger partial charge in [-0.3, -0.25) is 9.63 Å². The van der Waals surface area contributed by atoms with Crippen molar-refractivity contribution in [2.45, 2.75) is 72.2 Å². The first-order chi connectivity index (χ1) is 10.9. The molecule has 6 heteroatoms. The van der Waals surface area contributed by atoms with Crippen LogP contribution in [0.1, 0.15) is 54.0 Å². The molecule has 1 aliphatic rings. The van der Waals surface area contributed by atoms with Crippen molar-refractivity contribution in [3.05, 3.63) is 23.8 Å². The molecule has 24 heavy (non-hydrogen) atoms. The first kappa shape index (κ1) is 19.0. The quantitative estimate of drug-likeness (QED) is 0.483. The summed E-state index contributed by atoms with van der Waals surface area (Å²) in [6.07, 6.45) is 0.682. The highest BCUT2D eigenvalue weighted by atomic mass is 16.7. The van der Waals surface area contributed by atoms with E-state index in [1.54, 1.807) is 0 Å². The second-order valence-corrected chi connectivity index (χ2v) is 8.21. The molecule has 1 aromatic rings. The summed E-state index contributed by atoms with van der Waals surface area (Å²) in [5.41, 5.74) is 1.18. The number of hydrogen-bond donors (Lipinski definition) is 0. The van der Waals surface area contributed by atoms with Crippen molar-refractivity contribution in [2.75, 3.05) is 5.06 Å². The van der Waals surface area contributed by atoms with Gasteiger partial charge >= 0.3 is 7.12 Å². The minimum absolute atomic E-state index is 0.410. The van der Waals surface area contributed by atoms with E-state index in [0.717, 1.165) is 11.0 Å². The van der Waals surface area contributed by atoms with Crippen LogP contribution in [-0.4, -0.2) is 30.3 Å². The van der Waals surface area contributed by atoms with E-state index in [-0.39, 0.29) is 0 Å². The van der Waals surface area contributed by atoms with Crippen molar-refractivity contribution in [1.82, 2.24) is 0 Å². The van der Waals surface area contributed by atoms with Crippen molar-refractivity contribution in [1.29, 1.82) is 0 Å². The first-order valence-corrected chi connectivity index (χ1v) is 8.27. The zero-order chi connectivity index (χ0) is 18.3. The summed E-state index contributed by atoms with van der Waals surface area (Å²) >= 11 is 0. The SMILES string of the molecule is Cc1c(B2OC(C)(C)C(C)(C)O2)cccc1N(C=O)OC(C)(C)C. The molecule has 1 saturated heterocycles. The van der Waals surface area contributed by atoms with Gasteiger partial charge in [0.2, 0.25) is 6.41 Å². The molecule has 1 amide bonds. The zero-order valence-electron chi connectivity index (χ0n) is 16.0. The van der Waals surface area contributed by atoms with Crippen molar-refractivity contribution >= 4 is 24.7 Å². The van der Waals surface area contributed by atoms with E-state index in [9.17, 15) is 4.79 Å². The Labute approximate surface area is 145 Å². The topological polar surface area (TPSA) is 48.0 Å². The number of rotatable bonds is 4. The maximum atomic E-state index is 11.5. The van der Waals surface area contributed by atoms with Gasteiger partial charge in [-0.25, -0.2) is 0 Å². The lowest BCUT2D eigenvalue weighted by Gasteiger charge is -2.32. The van der Waals surface area contributed by atoms with Gasteiger partial charge in [-0.1, -0.05) is 12.1 Å². The Bertz CT molecular complexity index is 606. The fraction of sp³-hybridized carbons (Fsp3) is 0.611. The van der Waals surface area contributed by atoms with E-state index in [0.29, 0.717) is 12.1 Å². The number of amides is 1. The second kappa shape index (κ2) is 6.17. The van der Waals surface area contributed by atoms with Crippen molar-refractivity contribution < 1.29 is 18.9 Å². The summed E-state index contributed by atoms with van der Waals surface area (Å²) in [5, 5.41) is 1.27.